The van der Waals surface area contributed by atoms with Gasteiger partial charge in [-0.1, -0.05) is 19.9 Å². The monoisotopic (exact) mass is 317 g/mol. The van der Waals surface area contributed by atoms with Crippen molar-refractivity contribution in [2.75, 3.05) is 0 Å². The normalized spacial score (nSPS) is 22.2. The Hall–Kier alpha value is -1.92. The summed E-state index contributed by atoms with van der Waals surface area (Å²) in [6, 6.07) is 0.847. The third-order valence-electron chi connectivity index (χ3n) is 3.68. The SMILES string of the molecule is CC(C)C1CC=C(F)C(c2cc(OC(F)F)ncc2F)C1=O. The van der Waals surface area contributed by atoms with Crippen LogP contribution in [0.1, 0.15) is 31.7 Å². The van der Waals surface area contributed by atoms with Crippen molar-refractivity contribution >= 4 is 5.78 Å². The van der Waals surface area contributed by atoms with Crippen molar-refractivity contribution in [3.63, 3.8) is 0 Å². The first-order valence-electron chi connectivity index (χ1n) is 6.80. The molecule has 0 aromatic carbocycles. The summed E-state index contributed by atoms with van der Waals surface area (Å²) in [6.07, 6.45) is 2.13. The molecular weight excluding hydrogens is 302 g/mol. The first kappa shape index (κ1) is 16.5. The van der Waals surface area contributed by atoms with Crippen LogP contribution in [0, 0.1) is 17.7 Å². The Bertz CT molecular complexity index is 601. The molecule has 2 atom stereocenters. The van der Waals surface area contributed by atoms with Crippen molar-refractivity contribution in [3.05, 3.63) is 35.5 Å². The van der Waals surface area contributed by atoms with Crippen LogP contribution < -0.4 is 4.74 Å². The molecule has 1 aromatic heterocycles. The molecule has 7 heteroatoms. The molecule has 3 nitrogen and oxygen atoms in total. The number of Topliss-reactive ketones (excluding diaryl/α,β-unsaturated/α-hetero) is 1. The van der Waals surface area contributed by atoms with Crippen molar-refractivity contribution in [1.82, 2.24) is 4.98 Å². The smallest absolute Gasteiger partial charge is 0.388 e. The standard InChI is InChI=1S/C15H15F4NO2/c1-7(2)8-3-4-10(16)13(14(8)21)9-5-12(22-15(18)19)20-6-11(9)17/h4-8,13,15H,3H2,1-2H3. The number of carbonyl (C=O) groups is 1. The zero-order chi connectivity index (χ0) is 16.4. The number of hydrogen-bond donors (Lipinski definition) is 0. The lowest BCUT2D eigenvalue weighted by Gasteiger charge is -2.28. The van der Waals surface area contributed by atoms with E-state index in [1.54, 1.807) is 0 Å². The number of rotatable bonds is 4. The fourth-order valence-electron chi connectivity index (χ4n) is 2.54. The third-order valence-corrected chi connectivity index (χ3v) is 3.68. The Labute approximate surface area is 125 Å². The van der Waals surface area contributed by atoms with E-state index < -0.39 is 41.8 Å². The number of ketones is 1. The van der Waals surface area contributed by atoms with Gasteiger partial charge in [-0.15, -0.1) is 0 Å². The fraction of sp³-hybridized carbons (Fsp3) is 0.467. The Balaban J connectivity index is 2.42. The molecule has 0 saturated carbocycles. The third kappa shape index (κ3) is 3.28. The first-order valence-corrected chi connectivity index (χ1v) is 6.80. The minimum absolute atomic E-state index is 0.0407. The molecule has 0 spiro atoms. The van der Waals surface area contributed by atoms with Crippen molar-refractivity contribution < 1.29 is 27.1 Å². The van der Waals surface area contributed by atoms with E-state index in [4.69, 9.17) is 0 Å². The minimum Gasteiger partial charge on any atom is -0.417 e. The summed E-state index contributed by atoms with van der Waals surface area (Å²) in [6.45, 7) is 0.479. The molecule has 0 fully saturated rings. The number of carbonyl (C=O) groups excluding carboxylic acids is 1. The molecule has 2 rings (SSSR count). The summed E-state index contributed by atoms with van der Waals surface area (Å²) in [5.41, 5.74) is -0.338. The molecule has 1 aromatic rings. The van der Waals surface area contributed by atoms with E-state index in [1.165, 1.54) is 6.08 Å². The van der Waals surface area contributed by atoms with Crippen LogP contribution in [0.2, 0.25) is 0 Å². The van der Waals surface area contributed by atoms with Gasteiger partial charge in [-0.3, -0.25) is 4.79 Å². The first-order chi connectivity index (χ1) is 10.3. The summed E-state index contributed by atoms with van der Waals surface area (Å²) in [5.74, 6) is -4.67. The molecule has 0 N–H and O–H groups in total. The topological polar surface area (TPSA) is 39.2 Å². The number of aromatic nitrogens is 1. The lowest BCUT2D eigenvalue weighted by Crippen LogP contribution is -2.30. The van der Waals surface area contributed by atoms with E-state index in [9.17, 15) is 22.4 Å². The second-order valence-corrected chi connectivity index (χ2v) is 5.43. The number of ether oxygens (including phenoxy) is 1. The zero-order valence-corrected chi connectivity index (χ0v) is 12.0. The van der Waals surface area contributed by atoms with Gasteiger partial charge in [-0.2, -0.15) is 8.78 Å². The number of halogens is 4. The average molecular weight is 317 g/mol. The van der Waals surface area contributed by atoms with Gasteiger partial charge in [-0.25, -0.2) is 13.8 Å². The second kappa shape index (κ2) is 6.46. The van der Waals surface area contributed by atoms with Crippen LogP contribution >= 0.6 is 0 Å². The lowest BCUT2D eigenvalue weighted by atomic mass is 9.76. The van der Waals surface area contributed by atoms with Gasteiger partial charge in [0.1, 0.15) is 11.6 Å². The predicted molar refractivity (Wildman–Crippen MR) is 70.7 cm³/mol. The molecule has 2 unspecified atom stereocenters. The molecule has 0 saturated heterocycles. The highest BCUT2D eigenvalue weighted by molar-refractivity contribution is 5.91. The maximum Gasteiger partial charge on any atom is 0.388 e. The Morgan fingerprint density at radius 2 is 2.00 bits per heavy atom. The van der Waals surface area contributed by atoms with Crippen LogP contribution in [-0.2, 0) is 4.79 Å². The van der Waals surface area contributed by atoms with E-state index in [0.29, 0.717) is 6.20 Å². The quantitative estimate of drug-likeness (QED) is 0.788. The second-order valence-electron chi connectivity index (χ2n) is 5.43. The van der Waals surface area contributed by atoms with Crippen molar-refractivity contribution in [2.45, 2.75) is 32.8 Å². The van der Waals surface area contributed by atoms with E-state index >= 15 is 0 Å². The molecular formula is C15H15F4NO2. The maximum absolute atomic E-state index is 14.1. The molecule has 0 radical (unpaired) electrons. The van der Waals surface area contributed by atoms with Gasteiger partial charge in [0.2, 0.25) is 5.88 Å². The summed E-state index contributed by atoms with van der Waals surface area (Å²) >= 11 is 0. The molecule has 0 bridgehead atoms. The highest BCUT2D eigenvalue weighted by Gasteiger charge is 2.38. The van der Waals surface area contributed by atoms with Crippen LogP contribution in [0.5, 0.6) is 5.88 Å². The number of pyridine rings is 1. The van der Waals surface area contributed by atoms with Crippen LogP contribution in [0.3, 0.4) is 0 Å². The van der Waals surface area contributed by atoms with Crippen molar-refractivity contribution in [2.24, 2.45) is 11.8 Å². The predicted octanol–water partition coefficient (Wildman–Crippen LogP) is 4.00. The van der Waals surface area contributed by atoms with E-state index in [-0.39, 0.29) is 17.9 Å². The van der Waals surface area contributed by atoms with Gasteiger partial charge >= 0.3 is 6.61 Å². The highest BCUT2D eigenvalue weighted by atomic mass is 19.3. The van der Waals surface area contributed by atoms with E-state index in [0.717, 1.165) is 6.07 Å². The van der Waals surface area contributed by atoms with E-state index in [1.807, 2.05) is 13.8 Å². The van der Waals surface area contributed by atoms with Gasteiger partial charge in [-0.05, 0) is 12.3 Å². The number of hydrogen-bond acceptors (Lipinski definition) is 3. The number of allylic oxidation sites excluding steroid dienone is 2. The Kier molecular flexibility index (Phi) is 4.83. The van der Waals surface area contributed by atoms with Crippen LogP contribution in [0.25, 0.3) is 0 Å². The van der Waals surface area contributed by atoms with E-state index in [2.05, 4.69) is 9.72 Å². The molecule has 1 aliphatic carbocycles. The van der Waals surface area contributed by atoms with Gasteiger partial charge in [0.15, 0.2) is 5.78 Å². The average Bonchev–Trinajstić information content (AvgIpc) is 2.41. The summed E-state index contributed by atoms with van der Waals surface area (Å²) in [7, 11) is 0. The molecule has 0 amide bonds. The van der Waals surface area contributed by atoms with Gasteiger partial charge < -0.3 is 4.74 Å². The summed E-state index contributed by atoms with van der Waals surface area (Å²) in [5, 5.41) is 0. The van der Waals surface area contributed by atoms with Crippen LogP contribution in [0.15, 0.2) is 24.2 Å². The number of alkyl halides is 2. The minimum atomic E-state index is -3.14. The molecule has 0 aliphatic heterocycles. The van der Waals surface area contributed by atoms with Crippen LogP contribution in [-0.4, -0.2) is 17.4 Å². The fourth-order valence-corrected chi connectivity index (χ4v) is 2.54. The molecule has 120 valence electrons. The highest BCUT2D eigenvalue weighted by Crippen LogP contribution is 2.39. The van der Waals surface area contributed by atoms with Crippen molar-refractivity contribution in [3.8, 4) is 5.88 Å². The largest absolute Gasteiger partial charge is 0.417 e. The van der Waals surface area contributed by atoms with Crippen LogP contribution in [0.4, 0.5) is 17.6 Å². The maximum atomic E-state index is 14.1. The lowest BCUT2D eigenvalue weighted by molar-refractivity contribution is -0.125. The van der Waals surface area contributed by atoms with Gasteiger partial charge in [0, 0.05) is 17.5 Å². The summed E-state index contributed by atoms with van der Waals surface area (Å²) in [4.78, 5) is 15.8. The molecule has 1 aliphatic rings. The Morgan fingerprint density at radius 1 is 1.32 bits per heavy atom. The van der Waals surface area contributed by atoms with Gasteiger partial charge in [0.05, 0.1) is 12.1 Å². The Morgan fingerprint density at radius 3 is 2.59 bits per heavy atom. The molecule has 22 heavy (non-hydrogen) atoms. The van der Waals surface area contributed by atoms with Crippen molar-refractivity contribution in [1.29, 1.82) is 0 Å². The molecule has 1 heterocycles. The zero-order valence-electron chi connectivity index (χ0n) is 12.0. The number of nitrogens with zero attached hydrogens (tertiary/aromatic N) is 1. The van der Waals surface area contributed by atoms with Gasteiger partial charge in [0.25, 0.3) is 0 Å². The summed E-state index contributed by atoms with van der Waals surface area (Å²) < 4.78 is 56.5.